The highest BCUT2D eigenvalue weighted by Gasteiger charge is 2.05. The maximum atomic E-state index is 6.02. The SMILES string of the molecule is CCc1nc2c(Cl)cc(Br)cc2[nH]1. The Kier molecular flexibility index (Phi) is 2.30. The van der Waals surface area contributed by atoms with Crippen LogP contribution >= 0.6 is 27.5 Å². The zero-order chi connectivity index (χ0) is 9.42. The third-order valence-corrected chi connectivity index (χ3v) is 2.63. The van der Waals surface area contributed by atoms with Crippen LogP contribution in [0.15, 0.2) is 16.6 Å². The molecule has 2 nitrogen and oxygen atoms in total. The summed E-state index contributed by atoms with van der Waals surface area (Å²) < 4.78 is 0.969. The van der Waals surface area contributed by atoms with Gasteiger partial charge in [-0.25, -0.2) is 4.98 Å². The lowest BCUT2D eigenvalue weighted by atomic mass is 10.3. The van der Waals surface area contributed by atoms with Crippen LogP contribution in [-0.4, -0.2) is 9.97 Å². The van der Waals surface area contributed by atoms with Crippen molar-refractivity contribution in [2.75, 3.05) is 0 Å². The first kappa shape index (κ1) is 9.03. The number of nitrogens with zero attached hydrogens (tertiary/aromatic N) is 1. The molecule has 0 saturated carbocycles. The molecule has 0 radical (unpaired) electrons. The number of aryl methyl sites for hydroxylation is 1. The van der Waals surface area contributed by atoms with E-state index in [0.717, 1.165) is 27.8 Å². The second-order valence-electron chi connectivity index (χ2n) is 2.82. The highest BCUT2D eigenvalue weighted by Crippen LogP contribution is 2.26. The van der Waals surface area contributed by atoms with Crippen molar-refractivity contribution in [2.24, 2.45) is 0 Å². The fourth-order valence-corrected chi connectivity index (χ4v) is 2.11. The Morgan fingerprint density at radius 2 is 2.31 bits per heavy atom. The summed E-state index contributed by atoms with van der Waals surface area (Å²) in [6, 6.07) is 3.83. The molecule has 0 fully saturated rings. The van der Waals surface area contributed by atoms with Crippen molar-refractivity contribution >= 4 is 38.6 Å². The number of fused-ring (bicyclic) bond motifs is 1. The summed E-state index contributed by atoms with van der Waals surface area (Å²) in [5, 5.41) is 0.681. The number of nitrogens with one attached hydrogen (secondary N) is 1. The minimum Gasteiger partial charge on any atom is -0.342 e. The fraction of sp³-hybridized carbons (Fsp3) is 0.222. The number of benzene rings is 1. The van der Waals surface area contributed by atoms with Gasteiger partial charge in [-0.2, -0.15) is 0 Å². The first-order valence-electron chi connectivity index (χ1n) is 4.04. The van der Waals surface area contributed by atoms with Gasteiger partial charge in [-0.3, -0.25) is 0 Å². The van der Waals surface area contributed by atoms with Crippen LogP contribution in [-0.2, 0) is 6.42 Å². The molecule has 0 saturated heterocycles. The second kappa shape index (κ2) is 3.31. The number of imidazole rings is 1. The van der Waals surface area contributed by atoms with Crippen molar-refractivity contribution in [3.05, 3.63) is 27.5 Å². The smallest absolute Gasteiger partial charge is 0.107 e. The second-order valence-corrected chi connectivity index (χ2v) is 4.14. The molecule has 0 unspecified atom stereocenters. The molecule has 0 bridgehead atoms. The number of rotatable bonds is 1. The average Bonchev–Trinajstić information content (AvgIpc) is 2.47. The minimum atomic E-state index is 0.681. The van der Waals surface area contributed by atoms with Crippen molar-refractivity contribution in [1.82, 2.24) is 9.97 Å². The number of hydrogen-bond donors (Lipinski definition) is 1. The summed E-state index contributed by atoms with van der Waals surface area (Å²) >= 11 is 9.40. The van der Waals surface area contributed by atoms with Crippen LogP contribution in [0.3, 0.4) is 0 Å². The minimum absolute atomic E-state index is 0.681. The number of hydrogen-bond acceptors (Lipinski definition) is 1. The van der Waals surface area contributed by atoms with E-state index in [1.165, 1.54) is 0 Å². The van der Waals surface area contributed by atoms with Crippen LogP contribution in [0.25, 0.3) is 11.0 Å². The van der Waals surface area contributed by atoms with Crippen LogP contribution in [0, 0.1) is 0 Å². The normalized spacial score (nSPS) is 11.0. The molecule has 0 spiro atoms. The molecular formula is C9H8BrClN2. The summed E-state index contributed by atoms with van der Waals surface area (Å²) in [7, 11) is 0. The topological polar surface area (TPSA) is 28.7 Å². The van der Waals surface area contributed by atoms with Crippen molar-refractivity contribution in [3.63, 3.8) is 0 Å². The van der Waals surface area contributed by atoms with E-state index in [4.69, 9.17) is 11.6 Å². The molecule has 0 aliphatic heterocycles. The monoisotopic (exact) mass is 258 g/mol. The zero-order valence-electron chi connectivity index (χ0n) is 7.06. The first-order chi connectivity index (χ1) is 6.20. The van der Waals surface area contributed by atoms with Gasteiger partial charge in [0.05, 0.1) is 10.5 Å². The zero-order valence-corrected chi connectivity index (χ0v) is 9.41. The van der Waals surface area contributed by atoms with Gasteiger partial charge >= 0.3 is 0 Å². The lowest BCUT2D eigenvalue weighted by Gasteiger charge is -1.92. The summed E-state index contributed by atoms with van der Waals surface area (Å²) in [5.41, 5.74) is 1.83. The van der Waals surface area contributed by atoms with Gasteiger partial charge in [0, 0.05) is 10.9 Å². The molecule has 0 atom stereocenters. The van der Waals surface area contributed by atoms with Gasteiger partial charge < -0.3 is 4.98 Å². The average molecular weight is 260 g/mol. The highest BCUT2D eigenvalue weighted by atomic mass is 79.9. The quantitative estimate of drug-likeness (QED) is 0.834. The predicted octanol–water partition coefficient (Wildman–Crippen LogP) is 3.54. The molecule has 1 aromatic carbocycles. The van der Waals surface area contributed by atoms with Gasteiger partial charge in [-0.15, -0.1) is 0 Å². The predicted molar refractivity (Wildman–Crippen MR) is 58.2 cm³/mol. The number of halogens is 2. The summed E-state index contributed by atoms with van der Waals surface area (Å²) in [5.74, 6) is 0.968. The maximum Gasteiger partial charge on any atom is 0.107 e. The van der Waals surface area contributed by atoms with Crippen molar-refractivity contribution in [3.8, 4) is 0 Å². The summed E-state index contributed by atoms with van der Waals surface area (Å²) in [6.07, 6.45) is 0.891. The molecule has 0 aliphatic carbocycles. The van der Waals surface area contributed by atoms with Gasteiger partial charge in [-0.1, -0.05) is 34.5 Å². The first-order valence-corrected chi connectivity index (χ1v) is 5.21. The molecule has 1 N–H and O–H groups in total. The largest absolute Gasteiger partial charge is 0.342 e. The van der Waals surface area contributed by atoms with E-state index in [9.17, 15) is 0 Å². The van der Waals surface area contributed by atoms with Gasteiger partial charge in [0.25, 0.3) is 0 Å². The van der Waals surface area contributed by atoms with E-state index in [2.05, 4.69) is 32.8 Å². The van der Waals surface area contributed by atoms with Gasteiger partial charge in [0.1, 0.15) is 11.3 Å². The molecule has 1 heterocycles. The molecule has 2 rings (SSSR count). The van der Waals surface area contributed by atoms with Gasteiger partial charge in [-0.05, 0) is 12.1 Å². The molecule has 4 heteroatoms. The lowest BCUT2D eigenvalue weighted by molar-refractivity contribution is 1.00. The molecule has 1 aromatic heterocycles. The summed E-state index contributed by atoms with van der Waals surface area (Å²) in [6.45, 7) is 2.06. The molecule has 68 valence electrons. The van der Waals surface area contributed by atoms with Crippen LogP contribution < -0.4 is 0 Å². The van der Waals surface area contributed by atoms with Crippen molar-refractivity contribution in [1.29, 1.82) is 0 Å². The molecule has 2 aromatic rings. The van der Waals surface area contributed by atoms with E-state index >= 15 is 0 Å². The van der Waals surface area contributed by atoms with Crippen LogP contribution in [0.2, 0.25) is 5.02 Å². The van der Waals surface area contributed by atoms with E-state index < -0.39 is 0 Å². The Morgan fingerprint density at radius 3 is 3.00 bits per heavy atom. The van der Waals surface area contributed by atoms with E-state index in [0.29, 0.717) is 5.02 Å². The highest BCUT2D eigenvalue weighted by molar-refractivity contribution is 9.10. The van der Waals surface area contributed by atoms with Crippen molar-refractivity contribution in [2.45, 2.75) is 13.3 Å². The lowest BCUT2D eigenvalue weighted by Crippen LogP contribution is -1.79. The van der Waals surface area contributed by atoms with Crippen LogP contribution in [0.1, 0.15) is 12.7 Å². The van der Waals surface area contributed by atoms with Gasteiger partial charge in [0.2, 0.25) is 0 Å². The molecule has 0 aliphatic rings. The van der Waals surface area contributed by atoms with Gasteiger partial charge in [0.15, 0.2) is 0 Å². The Bertz CT molecular complexity index is 450. The Morgan fingerprint density at radius 1 is 1.54 bits per heavy atom. The van der Waals surface area contributed by atoms with E-state index in [1.54, 1.807) is 0 Å². The van der Waals surface area contributed by atoms with E-state index in [1.807, 2.05) is 12.1 Å². The van der Waals surface area contributed by atoms with E-state index in [-0.39, 0.29) is 0 Å². The van der Waals surface area contributed by atoms with Crippen LogP contribution in [0.4, 0.5) is 0 Å². The summed E-state index contributed by atoms with van der Waals surface area (Å²) in [4.78, 5) is 7.56. The third-order valence-electron chi connectivity index (χ3n) is 1.89. The van der Waals surface area contributed by atoms with Crippen LogP contribution in [0.5, 0.6) is 0 Å². The number of aromatic amines is 1. The third kappa shape index (κ3) is 1.58. The Hall–Kier alpha value is -0.540. The maximum absolute atomic E-state index is 6.02. The Balaban J connectivity index is 2.75. The standard InChI is InChI=1S/C9H8BrClN2/c1-2-8-12-7-4-5(10)3-6(11)9(7)13-8/h3-4H,2H2,1H3,(H,12,13). The molecular weight excluding hydrogens is 251 g/mol. The Labute approximate surface area is 89.4 Å². The van der Waals surface area contributed by atoms with Crippen molar-refractivity contribution < 1.29 is 0 Å². The number of H-pyrrole nitrogens is 1. The molecule has 13 heavy (non-hydrogen) atoms. The fourth-order valence-electron chi connectivity index (χ4n) is 1.26. The number of aromatic nitrogens is 2. The molecule has 0 amide bonds.